The first-order valence-corrected chi connectivity index (χ1v) is 6.49. The molecule has 0 saturated heterocycles. The van der Waals surface area contributed by atoms with E-state index in [-0.39, 0.29) is 5.78 Å². The smallest absolute Gasteiger partial charge is 0.187 e. The van der Waals surface area contributed by atoms with Gasteiger partial charge in [0.25, 0.3) is 0 Å². The molecule has 0 aliphatic heterocycles. The van der Waals surface area contributed by atoms with Gasteiger partial charge in [-0.05, 0) is 50.5 Å². The molecule has 0 fully saturated rings. The van der Waals surface area contributed by atoms with Crippen LogP contribution in [0.2, 0.25) is 0 Å². The standard InChI is InChI=1S/C16H20N2O/c1-10-6-11(2)14(12(3)7-10)9-16(19)15-8-13(4)18(5)17-15/h6-8H,9H2,1-5H3. The molecule has 0 aliphatic carbocycles. The highest BCUT2D eigenvalue weighted by atomic mass is 16.1. The molecule has 0 N–H and O–H groups in total. The third kappa shape index (κ3) is 2.75. The Bertz CT molecular complexity index is 596. The molecule has 0 saturated carbocycles. The zero-order valence-electron chi connectivity index (χ0n) is 12.2. The third-order valence-electron chi connectivity index (χ3n) is 3.58. The Balaban J connectivity index is 2.29. The van der Waals surface area contributed by atoms with Crippen molar-refractivity contribution in [1.29, 1.82) is 0 Å². The molecular weight excluding hydrogens is 236 g/mol. The lowest BCUT2D eigenvalue weighted by atomic mass is 9.95. The number of rotatable bonds is 3. The Morgan fingerprint density at radius 1 is 1.11 bits per heavy atom. The van der Waals surface area contributed by atoms with Crippen molar-refractivity contribution in [2.24, 2.45) is 7.05 Å². The van der Waals surface area contributed by atoms with Gasteiger partial charge in [-0.25, -0.2) is 0 Å². The fourth-order valence-corrected chi connectivity index (χ4v) is 2.44. The first-order chi connectivity index (χ1) is 8.88. The highest BCUT2D eigenvalue weighted by molar-refractivity contribution is 5.96. The van der Waals surface area contributed by atoms with Gasteiger partial charge < -0.3 is 0 Å². The number of aromatic nitrogens is 2. The van der Waals surface area contributed by atoms with E-state index in [0.29, 0.717) is 12.1 Å². The number of carbonyl (C=O) groups excluding carboxylic acids is 1. The van der Waals surface area contributed by atoms with Crippen LogP contribution in [0.25, 0.3) is 0 Å². The Labute approximate surface area is 114 Å². The van der Waals surface area contributed by atoms with Crippen LogP contribution in [0.3, 0.4) is 0 Å². The summed E-state index contributed by atoms with van der Waals surface area (Å²) in [4.78, 5) is 12.3. The first kappa shape index (κ1) is 13.5. The summed E-state index contributed by atoms with van der Waals surface area (Å²) in [6, 6.07) is 6.10. The molecule has 0 amide bonds. The van der Waals surface area contributed by atoms with Gasteiger partial charge in [-0.2, -0.15) is 5.10 Å². The molecule has 100 valence electrons. The van der Waals surface area contributed by atoms with Crippen molar-refractivity contribution in [3.63, 3.8) is 0 Å². The number of hydrogen-bond acceptors (Lipinski definition) is 2. The molecule has 2 aromatic rings. The van der Waals surface area contributed by atoms with Gasteiger partial charge >= 0.3 is 0 Å². The quantitative estimate of drug-likeness (QED) is 0.791. The van der Waals surface area contributed by atoms with Crippen LogP contribution in [-0.2, 0) is 13.5 Å². The van der Waals surface area contributed by atoms with Gasteiger partial charge in [-0.3, -0.25) is 9.48 Å². The minimum absolute atomic E-state index is 0.0822. The topological polar surface area (TPSA) is 34.9 Å². The first-order valence-electron chi connectivity index (χ1n) is 6.49. The zero-order chi connectivity index (χ0) is 14.2. The molecule has 0 atom stereocenters. The van der Waals surface area contributed by atoms with Crippen molar-refractivity contribution in [2.75, 3.05) is 0 Å². The predicted octanol–water partition coefficient (Wildman–Crippen LogP) is 3.08. The molecule has 0 aliphatic rings. The van der Waals surface area contributed by atoms with Crippen molar-refractivity contribution in [1.82, 2.24) is 9.78 Å². The zero-order valence-corrected chi connectivity index (χ0v) is 12.2. The molecule has 1 aromatic carbocycles. The molecule has 1 aromatic heterocycles. The van der Waals surface area contributed by atoms with Crippen molar-refractivity contribution >= 4 is 5.78 Å². The predicted molar refractivity (Wildman–Crippen MR) is 76.6 cm³/mol. The van der Waals surface area contributed by atoms with E-state index in [4.69, 9.17) is 0 Å². The highest BCUT2D eigenvalue weighted by Crippen LogP contribution is 2.18. The van der Waals surface area contributed by atoms with Gasteiger partial charge in [0.15, 0.2) is 5.78 Å². The molecule has 0 bridgehead atoms. The Kier molecular flexibility index (Phi) is 3.56. The summed E-state index contributed by atoms with van der Waals surface area (Å²) in [5.74, 6) is 0.0822. The summed E-state index contributed by atoms with van der Waals surface area (Å²) >= 11 is 0. The number of ketones is 1. The summed E-state index contributed by atoms with van der Waals surface area (Å²) in [5.41, 5.74) is 6.27. The Hall–Kier alpha value is -1.90. The number of carbonyl (C=O) groups is 1. The number of nitrogens with zero attached hydrogens (tertiary/aromatic N) is 2. The van der Waals surface area contributed by atoms with Crippen molar-refractivity contribution in [3.8, 4) is 0 Å². The lowest BCUT2D eigenvalue weighted by Gasteiger charge is -2.09. The maximum atomic E-state index is 12.3. The van der Waals surface area contributed by atoms with Crippen LogP contribution in [-0.4, -0.2) is 15.6 Å². The van der Waals surface area contributed by atoms with E-state index in [0.717, 1.165) is 11.3 Å². The van der Waals surface area contributed by atoms with E-state index >= 15 is 0 Å². The second-order valence-corrected chi connectivity index (χ2v) is 5.27. The fraction of sp³-hybridized carbons (Fsp3) is 0.375. The van der Waals surface area contributed by atoms with Crippen molar-refractivity contribution in [3.05, 3.63) is 51.8 Å². The van der Waals surface area contributed by atoms with Gasteiger partial charge in [0.1, 0.15) is 5.69 Å². The van der Waals surface area contributed by atoms with Gasteiger partial charge in [0, 0.05) is 19.2 Å². The molecule has 0 radical (unpaired) electrons. The maximum Gasteiger partial charge on any atom is 0.187 e. The SMILES string of the molecule is Cc1cc(C)c(CC(=O)c2cc(C)n(C)n2)c(C)c1. The number of hydrogen-bond donors (Lipinski definition) is 0. The lowest BCUT2D eigenvalue weighted by Crippen LogP contribution is -2.08. The van der Waals surface area contributed by atoms with Crippen molar-refractivity contribution in [2.45, 2.75) is 34.1 Å². The van der Waals surface area contributed by atoms with E-state index in [1.54, 1.807) is 4.68 Å². The van der Waals surface area contributed by atoms with Gasteiger partial charge in [-0.15, -0.1) is 0 Å². The number of benzene rings is 1. The van der Waals surface area contributed by atoms with Crippen LogP contribution in [0.4, 0.5) is 0 Å². The van der Waals surface area contributed by atoms with E-state index in [1.807, 2.05) is 20.0 Å². The van der Waals surface area contributed by atoms with E-state index < -0.39 is 0 Å². The third-order valence-corrected chi connectivity index (χ3v) is 3.58. The van der Waals surface area contributed by atoms with Gasteiger partial charge in [0.2, 0.25) is 0 Å². The molecule has 0 unspecified atom stereocenters. The van der Waals surface area contributed by atoms with E-state index in [9.17, 15) is 4.79 Å². The summed E-state index contributed by atoms with van der Waals surface area (Å²) < 4.78 is 1.74. The van der Waals surface area contributed by atoms with Crippen LogP contribution in [0, 0.1) is 27.7 Å². The summed E-state index contributed by atoms with van der Waals surface area (Å²) in [6.07, 6.45) is 0.425. The molecule has 1 heterocycles. The van der Waals surface area contributed by atoms with Crippen molar-refractivity contribution < 1.29 is 4.79 Å². The summed E-state index contributed by atoms with van der Waals surface area (Å²) in [7, 11) is 1.86. The monoisotopic (exact) mass is 256 g/mol. The van der Waals surface area contributed by atoms with Crippen LogP contribution >= 0.6 is 0 Å². The second-order valence-electron chi connectivity index (χ2n) is 5.27. The lowest BCUT2D eigenvalue weighted by molar-refractivity contribution is 0.0987. The average molecular weight is 256 g/mol. The molecule has 19 heavy (non-hydrogen) atoms. The Morgan fingerprint density at radius 3 is 2.16 bits per heavy atom. The highest BCUT2D eigenvalue weighted by Gasteiger charge is 2.14. The largest absolute Gasteiger partial charge is 0.292 e. The van der Waals surface area contributed by atoms with Gasteiger partial charge in [0.05, 0.1) is 0 Å². The summed E-state index contributed by atoms with van der Waals surface area (Å²) in [6.45, 7) is 8.15. The minimum atomic E-state index is 0.0822. The van der Waals surface area contributed by atoms with E-state index in [2.05, 4.69) is 38.0 Å². The van der Waals surface area contributed by atoms with Gasteiger partial charge in [-0.1, -0.05) is 17.7 Å². The van der Waals surface area contributed by atoms with Crippen LogP contribution in [0.15, 0.2) is 18.2 Å². The fourth-order valence-electron chi connectivity index (χ4n) is 2.44. The minimum Gasteiger partial charge on any atom is -0.292 e. The van der Waals surface area contributed by atoms with E-state index in [1.165, 1.54) is 16.7 Å². The average Bonchev–Trinajstić information content (AvgIpc) is 2.64. The summed E-state index contributed by atoms with van der Waals surface area (Å²) in [5, 5.41) is 4.25. The Morgan fingerprint density at radius 2 is 1.68 bits per heavy atom. The molecular formula is C16H20N2O. The second kappa shape index (κ2) is 5.00. The molecule has 3 heteroatoms. The van der Waals surface area contributed by atoms with Crippen LogP contribution in [0.5, 0.6) is 0 Å². The molecule has 3 nitrogen and oxygen atoms in total. The molecule has 0 spiro atoms. The number of aryl methyl sites for hydroxylation is 5. The number of Topliss-reactive ketones (excluding diaryl/α,β-unsaturated/α-hetero) is 1. The van der Waals surface area contributed by atoms with Crippen LogP contribution in [0.1, 0.15) is 38.4 Å². The maximum absolute atomic E-state index is 12.3. The molecule has 2 rings (SSSR count). The van der Waals surface area contributed by atoms with Crippen LogP contribution < -0.4 is 0 Å². The normalized spacial score (nSPS) is 10.8.